The van der Waals surface area contributed by atoms with Crippen molar-refractivity contribution in [3.63, 3.8) is 0 Å². The van der Waals surface area contributed by atoms with Gasteiger partial charge >= 0.3 is 0 Å². The van der Waals surface area contributed by atoms with Gasteiger partial charge in [-0.1, -0.05) is 20.8 Å². The fraction of sp³-hybridized carbons (Fsp3) is 1.00. The first-order valence-corrected chi connectivity index (χ1v) is 9.50. The van der Waals surface area contributed by atoms with E-state index in [1.807, 2.05) is 13.8 Å². The Labute approximate surface area is 112 Å². The van der Waals surface area contributed by atoms with E-state index in [-0.39, 0.29) is 23.9 Å². The molecule has 1 fully saturated rings. The van der Waals surface area contributed by atoms with E-state index in [4.69, 9.17) is 13.9 Å². The summed E-state index contributed by atoms with van der Waals surface area (Å²) in [6, 6.07) is 0. The summed E-state index contributed by atoms with van der Waals surface area (Å²) in [4.78, 5) is 0. The zero-order valence-electron chi connectivity index (χ0n) is 12.7. The molecular formula is C13H28O4Si. The standard InChI is InChI=1S/C13H28O4Si/c1-12(2,3)18(6,7)15-9-11-10(8-14)16-13(4,5)17-11/h10-11,14H,8-9H2,1-7H3/t10-,11+/m0/s1. The second-order valence-electron chi connectivity index (χ2n) is 6.97. The van der Waals surface area contributed by atoms with Crippen molar-refractivity contribution >= 4 is 8.32 Å². The molecule has 5 heteroatoms. The van der Waals surface area contributed by atoms with Crippen molar-refractivity contribution < 1.29 is 19.0 Å². The second-order valence-corrected chi connectivity index (χ2v) is 11.8. The molecule has 0 saturated carbocycles. The summed E-state index contributed by atoms with van der Waals surface area (Å²) in [5, 5.41) is 9.49. The SMILES string of the molecule is CC1(C)O[C@@H](CO)[C@@H](CO[Si](C)(C)C(C)(C)C)O1. The van der Waals surface area contributed by atoms with Crippen LogP contribution in [0.4, 0.5) is 0 Å². The third kappa shape index (κ3) is 3.77. The molecule has 108 valence electrons. The molecule has 0 unspecified atom stereocenters. The van der Waals surface area contributed by atoms with Crippen LogP contribution in [0.2, 0.25) is 18.1 Å². The normalized spacial score (nSPS) is 28.7. The van der Waals surface area contributed by atoms with Crippen molar-refractivity contribution in [2.24, 2.45) is 0 Å². The predicted molar refractivity (Wildman–Crippen MR) is 74.1 cm³/mol. The highest BCUT2D eigenvalue weighted by Gasteiger charge is 2.43. The predicted octanol–water partition coefficient (Wildman–Crippen LogP) is 2.52. The van der Waals surface area contributed by atoms with Crippen LogP contribution in [0.1, 0.15) is 34.6 Å². The number of hydrogen-bond acceptors (Lipinski definition) is 4. The van der Waals surface area contributed by atoms with Gasteiger partial charge in [-0.05, 0) is 32.0 Å². The molecule has 0 bridgehead atoms. The molecule has 1 aliphatic heterocycles. The maximum atomic E-state index is 9.31. The van der Waals surface area contributed by atoms with Crippen molar-refractivity contribution in [3.8, 4) is 0 Å². The van der Waals surface area contributed by atoms with E-state index in [0.29, 0.717) is 6.61 Å². The van der Waals surface area contributed by atoms with Crippen molar-refractivity contribution in [3.05, 3.63) is 0 Å². The van der Waals surface area contributed by atoms with E-state index in [2.05, 4.69) is 33.9 Å². The molecule has 18 heavy (non-hydrogen) atoms. The summed E-state index contributed by atoms with van der Waals surface area (Å²) in [5.41, 5.74) is 0. The number of rotatable bonds is 4. The monoisotopic (exact) mass is 276 g/mol. The van der Waals surface area contributed by atoms with Crippen LogP contribution in [0.25, 0.3) is 0 Å². The lowest BCUT2D eigenvalue weighted by Gasteiger charge is -2.37. The highest BCUT2D eigenvalue weighted by atomic mass is 28.4. The number of aliphatic hydroxyl groups excluding tert-OH is 1. The molecule has 1 heterocycles. The Hall–Kier alpha value is 0.0569. The van der Waals surface area contributed by atoms with E-state index < -0.39 is 14.1 Å². The van der Waals surface area contributed by atoms with Gasteiger partial charge in [-0.3, -0.25) is 0 Å². The van der Waals surface area contributed by atoms with Gasteiger partial charge in [0.2, 0.25) is 0 Å². The lowest BCUT2D eigenvalue weighted by molar-refractivity contribution is -0.151. The third-order valence-corrected chi connectivity index (χ3v) is 8.38. The average Bonchev–Trinajstić information content (AvgIpc) is 2.48. The Morgan fingerprint density at radius 2 is 1.67 bits per heavy atom. The molecule has 1 rings (SSSR count). The molecule has 1 saturated heterocycles. The molecule has 0 aromatic heterocycles. The summed E-state index contributed by atoms with van der Waals surface area (Å²) in [6.45, 7) is 15.2. The highest BCUT2D eigenvalue weighted by Crippen LogP contribution is 2.37. The maximum absolute atomic E-state index is 9.31. The van der Waals surface area contributed by atoms with E-state index >= 15 is 0 Å². The Kier molecular flexibility index (Phi) is 4.66. The minimum atomic E-state index is -1.78. The number of hydrogen-bond donors (Lipinski definition) is 1. The van der Waals surface area contributed by atoms with Crippen LogP contribution in [-0.2, 0) is 13.9 Å². The Morgan fingerprint density at radius 3 is 2.11 bits per heavy atom. The summed E-state index contributed by atoms with van der Waals surface area (Å²) >= 11 is 0. The Bertz CT molecular complexity index is 283. The van der Waals surface area contributed by atoms with E-state index in [1.165, 1.54) is 0 Å². The molecule has 0 amide bonds. The highest BCUT2D eigenvalue weighted by molar-refractivity contribution is 6.74. The van der Waals surface area contributed by atoms with Crippen molar-refractivity contribution in [2.75, 3.05) is 13.2 Å². The Balaban J connectivity index is 2.58. The van der Waals surface area contributed by atoms with Gasteiger partial charge < -0.3 is 19.0 Å². The van der Waals surface area contributed by atoms with Gasteiger partial charge in [0.1, 0.15) is 12.2 Å². The zero-order valence-corrected chi connectivity index (χ0v) is 13.7. The van der Waals surface area contributed by atoms with Gasteiger partial charge in [0.15, 0.2) is 14.1 Å². The molecule has 0 spiro atoms. The summed E-state index contributed by atoms with van der Waals surface area (Å²) in [5.74, 6) is -0.630. The summed E-state index contributed by atoms with van der Waals surface area (Å²) in [6.07, 6.45) is -0.469. The van der Waals surface area contributed by atoms with Gasteiger partial charge in [-0.15, -0.1) is 0 Å². The first-order valence-electron chi connectivity index (χ1n) is 6.59. The first kappa shape index (κ1) is 16.1. The van der Waals surface area contributed by atoms with E-state index in [0.717, 1.165) is 0 Å². The summed E-state index contributed by atoms with van der Waals surface area (Å²) < 4.78 is 17.5. The summed E-state index contributed by atoms with van der Waals surface area (Å²) in [7, 11) is -1.78. The minimum absolute atomic E-state index is 0.0328. The van der Waals surface area contributed by atoms with Crippen LogP contribution >= 0.6 is 0 Å². The van der Waals surface area contributed by atoms with E-state index in [9.17, 15) is 5.11 Å². The lowest BCUT2D eigenvalue weighted by atomic mass is 10.2. The molecule has 0 radical (unpaired) electrons. The lowest BCUT2D eigenvalue weighted by Crippen LogP contribution is -2.44. The van der Waals surface area contributed by atoms with Crippen molar-refractivity contribution in [1.29, 1.82) is 0 Å². The van der Waals surface area contributed by atoms with Crippen LogP contribution in [0.5, 0.6) is 0 Å². The fourth-order valence-corrected chi connectivity index (χ4v) is 2.73. The van der Waals surface area contributed by atoms with Crippen LogP contribution in [0.3, 0.4) is 0 Å². The zero-order chi connectivity index (χ0) is 14.2. The topological polar surface area (TPSA) is 47.9 Å². The van der Waals surface area contributed by atoms with Crippen molar-refractivity contribution in [1.82, 2.24) is 0 Å². The molecule has 1 aliphatic rings. The number of aliphatic hydroxyl groups is 1. The van der Waals surface area contributed by atoms with E-state index in [1.54, 1.807) is 0 Å². The smallest absolute Gasteiger partial charge is 0.192 e. The first-order chi connectivity index (χ1) is 7.98. The molecule has 0 aliphatic carbocycles. The van der Waals surface area contributed by atoms with Gasteiger partial charge in [-0.25, -0.2) is 0 Å². The molecule has 4 nitrogen and oxygen atoms in total. The maximum Gasteiger partial charge on any atom is 0.192 e. The minimum Gasteiger partial charge on any atom is -0.414 e. The van der Waals surface area contributed by atoms with Crippen molar-refractivity contribution in [2.45, 2.75) is 70.7 Å². The Morgan fingerprint density at radius 1 is 1.17 bits per heavy atom. The van der Waals surface area contributed by atoms with Gasteiger partial charge in [0, 0.05) is 0 Å². The molecule has 0 aromatic carbocycles. The largest absolute Gasteiger partial charge is 0.414 e. The fourth-order valence-electron chi connectivity index (χ4n) is 1.71. The van der Waals surface area contributed by atoms with Crippen LogP contribution in [0, 0.1) is 0 Å². The molecule has 1 N–H and O–H groups in total. The second kappa shape index (κ2) is 5.21. The van der Waals surface area contributed by atoms with Crippen LogP contribution < -0.4 is 0 Å². The average molecular weight is 276 g/mol. The molecule has 2 atom stereocenters. The van der Waals surface area contributed by atoms with Gasteiger partial charge in [0.05, 0.1) is 13.2 Å². The third-order valence-electron chi connectivity index (χ3n) is 3.88. The molecule has 0 aromatic rings. The van der Waals surface area contributed by atoms with Gasteiger partial charge in [-0.2, -0.15) is 0 Å². The quantitative estimate of drug-likeness (QED) is 0.802. The van der Waals surface area contributed by atoms with Crippen LogP contribution in [-0.4, -0.2) is 44.6 Å². The van der Waals surface area contributed by atoms with Gasteiger partial charge in [0.25, 0.3) is 0 Å². The molecular weight excluding hydrogens is 248 g/mol. The van der Waals surface area contributed by atoms with Crippen LogP contribution in [0.15, 0.2) is 0 Å². The number of ether oxygens (including phenoxy) is 2.